The summed E-state index contributed by atoms with van der Waals surface area (Å²) in [7, 11) is 0. The zero-order chi connectivity index (χ0) is 30.3. The van der Waals surface area contributed by atoms with Crippen molar-refractivity contribution in [2.24, 2.45) is 0 Å². The fraction of sp³-hybridized carbons (Fsp3) is 0.459. The Hall–Kier alpha value is -3.31. The molecule has 0 aliphatic rings. The summed E-state index contributed by atoms with van der Waals surface area (Å²) < 4.78 is 8.18. The largest absolute Gasteiger partial charge is 0.492 e. The molecule has 2 aromatic heterocycles. The van der Waals surface area contributed by atoms with Gasteiger partial charge < -0.3 is 14.0 Å². The van der Waals surface area contributed by atoms with E-state index in [2.05, 4.69) is 34.5 Å². The van der Waals surface area contributed by atoms with Gasteiger partial charge in [0.05, 0.1) is 29.9 Å². The molecule has 0 fully saturated rings. The number of hydrogen-bond donors (Lipinski definition) is 0. The lowest BCUT2D eigenvalue weighted by Gasteiger charge is -2.22. The molecule has 4 rings (SSSR count). The van der Waals surface area contributed by atoms with E-state index in [0.717, 1.165) is 41.0 Å². The molecule has 0 saturated heterocycles. The van der Waals surface area contributed by atoms with Gasteiger partial charge in [0.25, 0.3) is 0 Å². The smallest absolute Gasteiger partial charge is 0.224 e. The minimum atomic E-state index is -0.0130. The van der Waals surface area contributed by atoms with Crippen LogP contribution < -0.4 is 9.64 Å². The summed E-state index contributed by atoms with van der Waals surface area (Å²) in [4.78, 5) is 19.0. The van der Waals surface area contributed by atoms with E-state index >= 15 is 0 Å². The topological polar surface area (TPSA) is 46.8 Å². The Labute approximate surface area is 263 Å². The average molecular weight is 602 g/mol. The maximum Gasteiger partial charge on any atom is 0.224 e. The van der Waals surface area contributed by atoms with E-state index in [4.69, 9.17) is 16.3 Å². The van der Waals surface area contributed by atoms with E-state index in [-0.39, 0.29) is 5.91 Å². The van der Waals surface area contributed by atoms with E-state index in [1.807, 2.05) is 54.9 Å². The first-order valence-electron chi connectivity index (χ1n) is 16.2. The predicted molar refractivity (Wildman–Crippen MR) is 179 cm³/mol. The number of anilines is 1. The molecule has 0 N–H and O–H groups in total. The third kappa shape index (κ3) is 10.4. The van der Waals surface area contributed by atoms with Crippen molar-refractivity contribution in [2.75, 3.05) is 11.5 Å². The number of benzene rings is 2. The number of hydrogen-bond acceptors (Lipinski definition) is 3. The van der Waals surface area contributed by atoms with Gasteiger partial charge >= 0.3 is 0 Å². The van der Waals surface area contributed by atoms with Crippen LogP contribution >= 0.6 is 11.6 Å². The highest BCUT2D eigenvalue weighted by molar-refractivity contribution is 6.32. The Bertz CT molecular complexity index is 1400. The molecule has 2 heterocycles. The van der Waals surface area contributed by atoms with Gasteiger partial charge in [-0.05, 0) is 53.9 Å². The molecule has 0 unspecified atom stereocenters. The second-order valence-corrected chi connectivity index (χ2v) is 12.0. The van der Waals surface area contributed by atoms with Crippen molar-refractivity contribution < 1.29 is 9.53 Å². The minimum Gasteiger partial charge on any atom is -0.492 e. The van der Waals surface area contributed by atoms with Crippen molar-refractivity contribution in [3.05, 3.63) is 95.0 Å². The van der Waals surface area contributed by atoms with Crippen LogP contribution in [0.5, 0.6) is 5.75 Å². The molecule has 0 atom stereocenters. The number of nitrogens with zero attached hydrogens (tertiary/aromatic N) is 3. The third-order valence-corrected chi connectivity index (χ3v) is 8.41. The van der Waals surface area contributed by atoms with Crippen LogP contribution in [0.1, 0.15) is 108 Å². The zero-order valence-corrected chi connectivity index (χ0v) is 26.8. The summed E-state index contributed by atoms with van der Waals surface area (Å²) >= 11 is 6.46. The number of amides is 1. The average Bonchev–Trinajstić information content (AvgIpc) is 3.42. The van der Waals surface area contributed by atoms with Gasteiger partial charge in [-0.1, -0.05) is 113 Å². The van der Waals surface area contributed by atoms with Crippen molar-refractivity contribution >= 4 is 28.7 Å². The number of fused-ring (bicyclic) bond motifs is 1. The second-order valence-electron chi connectivity index (χ2n) is 11.6. The first kappa shape index (κ1) is 32.6. The fourth-order valence-corrected chi connectivity index (χ4v) is 5.73. The quantitative estimate of drug-likeness (QED) is 0.100. The van der Waals surface area contributed by atoms with Gasteiger partial charge in [0, 0.05) is 25.2 Å². The van der Waals surface area contributed by atoms with Gasteiger partial charge in [0.15, 0.2) is 0 Å². The normalized spacial score (nSPS) is 11.2. The summed E-state index contributed by atoms with van der Waals surface area (Å²) in [5.74, 6) is 1.66. The summed E-state index contributed by atoms with van der Waals surface area (Å²) in [6.45, 7) is 4.98. The molecule has 43 heavy (non-hydrogen) atoms. The number of carbonyl (C=O) groups excluding carboxylic acids is 1. The van der Waals surface area contributed by atoms with Crippen molar-refractivity contribution in [1.82, 2.24) is 9.38 Å². The van der Waals surface area contributed by atoms with Gasteiger partial charge in [-0.15, -0.1) is 0 Å². The number of carbonyl (C=O) groups is 1. The highest BCUT2D eigenvalue weighted by Crippen LogP contribution is 2.28. The number of rotatable bonds is 19. The van der Waals surface area contributed by atoms with Crippen molar-refractivity contribution in [3.63, 3.8) is 0 Å². The standard InChI is InChI=1S/C37H48ClN3O2/c1-3-4-5-6-7-8-9-10-11-12-13-16-25-43-36-26-32(20-23-35(36)38)29-41(30(2)42)33-21-18-31(19-22-33)27-37-39-28-34-17-14-15-24-40(34)37/h14-15,17-24,26,28H,3-13,16,25,27,29H2,1-2H3. The monoisotopic (exact) mass is 601 g/mol. The highest BCUT2D eigenvalue weighted by Gasteiger charge is 2.14. The number of aromatic nitrogens is 2. The van der Waals surface area contributed by atoms with Gasteiger partial charge in [-0.2, -0.15) is 0 Å². The minimum absolute atomic E-state index is 0.0130. The van der Waals surface area contributed by atoms with Crippen molar-refractivity contribution in [3.8, 4) is 5.75 Å². The maximum absolute atomic E-state index is 12.7. The van der Waals surface area contributed by atoms with Crippen LogP contribution in [-0.4, -0.2) is 21.9 Å². The van der Waals surface area contributed by atoms with Gasteiger partial charge in [-0.25, -0.2) is 4.98 Å². The lowest BCUT2D eigenvalue weighted by atomic mass is 10.1. The molecule has 0 saturated carbocycles. The second kappa shape index (κ2) is 17.7. The Morgan fingerprint density at radius 3 is 2.16 bits per heavy atom. The Morgan fingerprint density at radius 2 is 1.49 bits per heavy atom. The third-order valence-electron chi connectivity index (χ3n) is 8.10. The SMILES string of the molecule is CCCCCCCCCCCCCCOc1cc(CN(C(C)=O)c2ccc(Cc3ncc4ccccn34)cc2)ccc1Cl. The number of halogens is 1. The molecule has 2 aromatic carbocycles. The number of imidazole rings is 1. The van der Waals surface area contributed by atoms with Gasteiger partial charge in [0.2, 0.25) is 5.91 Å². The zero-order valence-electron chi connectivity index (χ0n) is 26.1. The van der Waals surface area contributed by atoms with Crippen LogP contribution in [0, 0.1) is 0 Å². The van der Waals surface area contributed by atoms with Crippen LogP contribution in [0.3, 0.4) is 0 Å². The van der Waals surface area contributed by atoms with Crippen LogP contribution in [0.25, 0.3) is 5.52 Å². The summed E-state index contributed by atoms with van der Waals surface area (Å²) in [6, 6.07) is 20.0. The molecule has 1 amide bonds. The van der Waals surface area contributed by atoms with Crippen LogP contribution in [0.4, 0.5) is 5.69 Å². The molecule has 6 heteroatoms. The summed E-state index contributed by atoms with van der Waals surface area (Å²) in [6.07, 6.45) is 20.4. The van der Waals surface area contributed by atoms with Crippen LogP contribution in [0.15, 0.2) is 73.1 Å². The van der Waals surface area contributed by atoms with Gasteiger partial charge in [0.1, 0.15) is 11.6 Å². The molecule has 4 aromatic rings. The summed E-state index contributed by atoms with van der Waals surface area (Å²) in [5.41, 5.74) is 4.07. The molecular formula is C37H48ClN3O2. The summed E-state index contributed by atoms with van der Waals surface area (Å²) in [5, 5.41) is 0.605. The first-order valence-corrected chi connectivity index (χ1v) is 16.6. The van der Waals surface area contributed by atoms with Gasteiger partial charge in [-0.3, -0.25) is 4.79 Å². The predicted octanol–water partition coefficient (Wildman–Crippen LogP) is 10.2. The molecule has 230 valence electrons. The van der Waals surface area contributed by atoms with E-state index in [0.29, 0.717) is 23.9 Å². The lowest BCUT2D eigenvalue weighted by molar-refractivity contribution is -0.116. The Kier molecular flexibility index (Phi) is 13.4. The Morgan fingerprint density at radius 1 is 0.837 bits per heavy atom. The van der Waals surface area contributed by atoms with E-state index < -0.39 is 0 Å². The molecule has 5 nitrogen and oxygen atoms in total. The molecule has 0 radical (unpaired) electrons. The number of pyridine rings is 1. The number of ether oxygens (including phenoxy) is 1. The lowest BCUT2D eigenvalue weighted by Crippen LogP contribution is -2.27. The molecule has 0 aliphatic heterocycles. The van der Waals surface area contributed by atoms with Crippen molar-refractivity contribution in [2.45, 2.75) is 104 Å². The van der Waals surface area contributed by atoms with Crippen LogP contribution in [-0.2, 0) is 17.8 Å². The van der Waals surface area contributed by atoms with E-state index in [1.165, 1.54) is 70.6 Å². The van der Waals surface area contributed by atoms with Crippen molar-refractivity contribution in [1.29, 1.82) is 0 Å². The van der Waals surface area contributed by atoms with E-state index in [1.54, 1.807) is 11.8 Å². The maximum atomic E-state index is 12.7. The molecule has 0 bridgehead atoms. The molecule has 0 aliphatic carbocycles. The number of unbranched alkanes of at least 4 members (excludes halogenated alkanes) is 11. The first-order chi connectivity index (χ1) is 21.0. The Balaban J connectivity index is 1.22. The fourth-order valence-electron chi connectivity index (χ4n) is 5.56. The van der Waals surface area contributed by atoms with E-state index in [9.17, 15) is 4.79 Å². The van der Waals surface area contributed by atoms with Crippen LogP contribution in [0.2, 0.25) is 5.02 Å². The highest BCUT2D eigenvalue weighted by atomic mass is 35.5. The molecular weight excluding hydrogens is 554 g/mol. The molecule has 0 spiro atoms.